The molecule has 35 heavy (non-hydrogen) atoms. The van der Waals surface area contributed by atoms with Crippen LogP contribution in [-0.2, 0) is 10.9 Å². The minimum atomic E-state index is -4.41. The number of halogens is 3. The number of fused-ring (bicyclic) bond motifs is 1. The Balaban J connectivity index is 1.37. The summed E-state index contributed by atoms with van der Waals surface area (Å²) in [4.78, 5) is 18.7. The Morgan fingerprint density at radius 1 is 0.971 bits per heavy atom. The summed E-state index contributed by atoms with van der Waals surface area (Å²) in [5.41, 5.74) is 3.69. The minimum absolute atomic E-state index is 0.0784. The number of alkyl halides is 3. The number of benzene rings is 1. The van der Waals surface area contributed by atoms with E-state index < -0.39 is 11.7 Å². The molecule has 0 radical (unpaired) electrons. The first-order valence-electron chi connectivity index (χ1n) is 11.6. The highest BCUT2D eigenvalue weighted by Gasteiger charge is 2.33. The Hall–Kier alpha value is -3.40. The summed E-state index contributed by atoms with van der Waals surface area (Å²) >= 11 is 0. The molecule has 4 aromatic rings. The zero-order valence-electron chi connectivity index (χ0n) is 19.3. The van der Waals surface area contributed by atoms with Crippen molar-refractivity contribution < 1.29 is 17.9 Å². The van der Waals surface area contributed by atoms with Crippen molar-refractivity contribution in [1.29, 1.82) is 0 Å². The standard InChI is InChI=1S/C25H23F3N6O/c1-13-14(2)31-24-22(30-13)21(15-3-5-18(6-4-15)25(26,27)28)32-23(33-24)16-9-20(35-12-16)17-10-29-34(11-17)19-7-8-19/h3-6,10-11,16,19-20H,7-9,12H2,1-2H3/t16-,20+/m0/s1. The van der Waals surface area contributed by atoms with Crippen LogP contribution in [0.25, 0.3) is 22.4 Å². The van der Waals surface area contributed by atoms with Crippen LogP contribution in [0.2, 0.25) is 0 Å². The maximum absolute atomic E-state index is 13.1. The van der Waals surface area contributed by atoms with E-state index in [0.717, 1.165) is 41.9 Å². The molecule has 7 nitrogen and oxygen atoms in total. The quantitative estimate of drug-likeness (QED) is 0.384. The molecule has 10 heteroatoms. The molecule has 1 saturated carbocycles. The molecule has 1 aromatic carbocycles. The van der Waals surface area contributed by atoms with Crippen LogP contribution in [-0.4, -0.2) is 36.3 Å². The van der Waals surface area contributed by atoms with Gasteiger partial charge in [0, 0.05) is 23.2 Å². The molecule has 0 spiro atoms. The second-order valence-electron chi connectivity index (χ2n) is 9.31. The van der Waals surface area contributed by atoms with Crippen molar-refractivity contribution in [3.05, 3.63) is 65.0 Å². The molecule has 0 unspecified atom stereocenters. The van der Waals surface area contributed by atoms with Crippen LogP contribution in [0.15, 0.2) is 36.7 Å². The van der Waals surface area contributed by atoms with Gasteiger partial charge < -0.3 is 4.74 Å². The molecule has 2 aliphatic rings. The van der Waals surface area contributed by atoms with Crippen LogP contribution in [0, 0.1) is 13.8 Å². The molecule has 1 saturated heterocycles. The Kier molecular flexibility index (Phi) is 5.10. The molecule has 4 heterocycles. The second kappa shape index (κ2) is 8.08. The average Bonchev–Trinajstić information content (AvgIpc) is 3.35. The lowest BCUT2D eigenvalue weighted by molar-refractivity contribution is -0.137. The van der Waals surface area contributed by atoms with Crippen molar-refractivity contribution >= 4 is 11.2 Å². The fraction of sp³-hybridized carbons (Fsp3) is 0.400. The molecule has 1 aliphatic carbocycles. The van der Waals surface area contributed by atoms with Crippen molar-refractivity contribution in [2.45, 2.75) is 57.3 Å². The highest BCUT2D eigenvalue weighted by Crippen LogP contribution is 2.40. The van der Waals surface area contributed by atoms with Gasteiger partial charge in [0.1, 0.15) is 17.0 Å². The smallest absolute Gasteiger partial charge is 0.373 e. The number of hydrogen-bond acceptors (Lipinski definition) is 6. The van der Waals surface area contributed by atoms with Gasteiger partial charge in [0.05, 0.1) is 41.9 Å². The summed E-state index contributed by atoms with van der Waals surface area (Å²) < 4.78 is 47.4. The van der Waals surface area contributed by atoms with Crippen LogP contribution in [0.3, 0.4) is 0 Å². The van der Waals surface area contributed by atoms with Gasteiger partial charge in [0.15, 0.2) is 5.65 Å². The van der Waals surface area contributed by atoms with E-state index in [9.17, 15) is 13.2 Å². The Bertz CT molecular complexity index is 1410. The number of ether oxygens (including phenoxy) is 1. The lowest BCUT2D eigenvalue weighted by Crippen LogP contribution is -2.09. The highest BCUT2D eigenvalue weighted by atomic mass is 19.4. The van der Waals surface area contributed by atoms with Crippen molar-refractivity contribution in [2.24, 2.45) is 0 Å². The SMILES string of the molecule is Cc1nc2nc([C@@H]3CO[C@@H](c4cnn(C5CC5)c4)C3)nc(-c3ccc(C(F)(F)F)cc3)c2nc1C. The third kappa shape index (κ3) is 4.16. The summed E-state index contributed by atoms with van der Waals surface area (Å²) in [5.74, 6) is 0.479. The summed E-state index contributed by atoms with van der Waals surface area (Å²) in [6.45, 7) is 4.13. The van der Waals surface area contributed by atoms with E-state index in [0.29, 0.717) is 47.3 Å². The van der Waals surface area contributed by atoms with Gasteiger partial charge in [-0.2, -0.15) is 18.3 Å². The van der Waals surface area contributed by atoms with Crippen LogP contribution in [0.5, 0.6) is 0 Å². The molecule has 1 aliphatic heterocycles. The van der Waals surface area contributed by atoms with E-state index in [2.05, 4.69) is 21.3 Å². The summed E-state index contributed by atoms with van der Waals surface area (Å²) in [7, 11) is 0. The number of rotatable bonds is 4. The maximum Gasteiger partial charge on any atom is 0.416 e. The van der Waals surface area contributed by atoms with E-state index >= 15 is 0 Å². The molecular formula is C25H23F3N6O. The number of nitrogens with zero attached hydrogens (tertiary/aromatic N) is 6. The highest BCUT2D eigenvalue weighted by molar-refractivity contribution is 5.87. The van der Waals surface area contributed by atoms with E-state index in [1.165, 1.54) is 12.1 Å². The summed E-state index contributed by atoms with van der Waals surface area (Å²) in [5, 5.41) is 4.46. The van der Waals surface area contributed by atoms with Crippen molar-refractivity contribution in [3.63, 3.8) is 0 Å². The third-order valence-corrected chi connectivity index (χ3v) is 6.72. The van der Waals surface area contributed by atoms with Crippen LogP contribution < -0.4 is 0 Å². The van der Waals surface area contributed by atoms with Crippen LogP contribution in [0.4, 0.5) is 13.2 Å². The lowest BCUT2D eigenvalue weighted by Gasteiger charge is -2.13. The van der Waals surface area contributed by atoms with Gasteiger partial charge in [-0.25, -0.2) is 19.9 Å². The van der Waals surface area contributed by atoms with Crippen molar-refractivity contribution in [1.82, 2.24) is 29.7 Å². The molecule has 3 aromatic heterocycles. The average molecular weight is 480 g/mol. The fourth-order valence-corrected chi connectivity index (χ4v) is 4.43. The van der Waals surface area contributed by atoms with Crippen molar-refractivity contribution in [3.8, 4) is 11.3 Å². The summed E-state index contributed by atoms with van der Waals surface area (Å²) in [6.07, 6.45) is 2.41. The van der Waals surface area contributed by atoms with E-state index in [-0.39, 0.29) is 12.0 Å². The van der Waals surface area contributed by atoms with E-state index in [1.807, 2.05) is 24.7 Å². The second-order valence-corrected chi connectivity index (χ2v) is 9.31. The van der Waals surface area contributed by atoms with Gasteiger partial charge in [-0.1, -0.05) is 12.1 Å². The van der Waals surface area contributed by atoms with Gasteiger partial charge in [-0.15, -0.1) is 0 Å². The van der Waals surface area contributed by atoms with Crippen LogP contribution >= 0.6 is 0 Å². The lowest BCUT2D eigenvalue weighted by atomic mass is 10.0. The van der Waals surface area contributed by atoms with Crippen LogP contribution in [0.1, 0.15) is 65.7 Å². The van der Waals surface area contributed by atoms with Gasteiger partial charge in [0.25, 0.3) is 0 Å². The fourth-order valence-electron chi connectivity index (χ4n) is 4.43. The Labute approximate surface area is 199 Å². The molecule has 6 rings (SSSR count). The minimum Gasteiger partial charge on any atom is -0.373 e. The van der Waals surface area contributed by atoms with Gasteiger partial charge in [0.2, 0.25) is 0 Å². The molecule has 0 amide bonds. The zero-order chi connectivity index (χ0) is 24.3. The van der Waals surface area contributed by atoms with Gasteiger partial charge in [-0.3, -0.25) is 4.68 Å². The first-order chi connectivity index (χ1) is 16.8. The third-order valence-electron chi connectivity index (χ3n) is 6.72. The number of aryl methyl sites for hydroxylation is 2. The molecule has 0 bridgehead atoms. The predicted molar refractivity (Wildman–Crippen MR) is 122 cm³/mol. The first kappa shape index (κ1) is 22.1. The predicted octanol–water partition coefficient (Wildman–Crippen LogP) is 5.50. The van der Waals surface area contributed by atoms with E-state index in [4.69, 9.17) is 14.7 Å². The normalized spacial score (nSPS) is 20.6. The first-order valence-corrected chi connectivity index (χ1v) is 11.6. The molecule has 2 atom stereocenters. The number of hydrogen-bond donors (Lipinski definition) is 0. The van der Waals surface area contributed by atoms with E-state index in [1.54, 1.807) is 0 Å². The largest absolute Gasteiger partial charge is 0.416 e. The molecule has 0 N–H and O–H groups in total. The maximum atomic E-state index is 13.1. The topological polar surface area (TPSA) is 78.6 Å². The Morgan fingerprint density at radius 3 is 2.43 bits per heavy atom. The van der Waals surface area contributed by atoms with Gasteiger partial charge in [-0.05, 0) is 45.2 Å². The number of aromatic nitrogens is 6. The molecule has 2 fully saturated rings. The van der Waals surface area contributed by atoms with Gasteiger partial charge >= 0.3 is 6.18 Å². The zero-order valence-corrected chi connectivity index (χ0v) is 19.3. The monoisotopic (exact) mass is 480 g/mol. The molecular weight excluding hydrogens is 457 g/mol. The molecule has 180 valence electrons. The van der Waals surface area contributed by atoms with Crippen molar-refractivity contribution in [2.75, 3.05) is 6.61 Å². The summed E-state index contributed by atoms with van der Waals surface area (Å²) in [6, 6.07) is 5.46. The Morgan fingerprint density at radius 2 is 1.71 bits per heavy atom.